The van der Waals surface area contributed by atoms with Gasteiger partial charge in [0.25, 0.3) is 5.91 Å². The molecule has 0 fully saturated rings. The molecule has 0 radical (unpaired) electrons. The molecule has 0 unspecified atom stereocenters. The third-order valence-corrected chi connectivity index (χ3v) is 4.99. The summed E-state index contributed by atoms with van der Waals surface area (Å²) in [6.45, 7) is 2.59. The summed E-state index contributed by atoms with van der Waals surface area (Å²) in [5.74, 6) is 0.856. The Balaban J connectivity index is 1.21. The number of amides is 1. The number of benzene rings is 3. The lowest BCUT2D eigenvalue weighted by Gasteiger charge is -2.12. The molecule has 0 saturated carbocycles. The van der Waals surface area contributed by atoms with Crippen molar-refractivity contribution in [2.75, 3.05) is 19.8 Å². The van der Waals surface area contributed by atoms with Crippen molar-refractivity contribution in [3.63, 3.8) is 0 Å². The molecule has 166 valence electrons. The largest absolute Gasteiger partial charge is 0.483 e. The van der Waals surface area contributed by atoms with Gasteiger partial charge in [0.15, 0.2) is 6.61 Å². The van der Waals surface area contributed by atoms with E-state index < -0.39 is 0 Å². The van der Waals surface area contributed by atoms with Crippen LogP contribution in [0.4, 0.5) is 0 Å². The second kappa shape index (κ2) is 10.9. The molecule has 3 aromatic carbocycles. The van der Waals surface area contributed by atoms with Gasteiger partial charge < -0.3 is 14.8 Å². The SMILES string of the molecule is Cc1ccc(-c2ccc(OCCNC(=O)COc3ccccc3-c3ccccc3)nn2)cc1. The van der Waals surface area contributed by atoms with Crippen molar-refractivity contribution in [1.29, 1.82) is 0 Å². The summed E-state index contributed by atoms with van der Waals surface area (Å²) in [5, 5.41) is 11.1. The summed E-state index contributed by atoms with van der Waals surface area (Å²) in [7, 11) is 0. The number of nitrogens with one attached hydrogen (secondary N) is 1. The number of carbonyl (C=O) groups excluding carboxylic acids is 1. The Bertz CT molecular complexity index is 1180. The van der Waals surface area contributed by atoms with Crippen LogP contribution in [0.25, 0.3) is 22.4 Å². The zero-order valence-electron chi connectivity index (χ0n) is 18.4. The van der Waals surface area contributed by atoms with E-state index in [1.165, 1.54) is 5.56 Å². The predicted molar refractivity (Wildman–Crippen MR) is 128 cm³/mol. The molecule has 1 amide bonds. The number of hydrogen-bond donors (Lipinski definition) is 1. The number of carbonyl (C=O) groups is 1. The number of nitrogens with zero attached hydrogens (tertiary/aromatic N) is 2. The Morgan fingerprint density at radius 1 is 0.788 bits per heavy atom. The minimum atomic E-state index is -0.220. The molecule has 4 aromatic rings. The lowest BCUT2D eigenvalue weighted by Crippen LogP contribution is -2.32. The molecule has 0 aliphatic carbocycles. The Morgan fingerprint density at radius 3 is 2.30 bits per heavy atom. The highest BCUT2D eigenvalue weighted by Gasteiger charge is 2.08. The fourth-order valence-corrected chi connectivity index (χ4v) is 3.26. The predicted octanol–water partition coefficient (Wildman–Crippen LogP) is 4.69. The van der Waals surface area contributed by atoms with E-state index in [9.17, 15) is 4.79 Å². The van der Waals surface area contributed by atoms with Crippen molar-refractivity contribution in [3.8, 4) is 34.0 Å². The minimum Gasteiger partial charge on any atom is -0.483 e. The maximum Gasteiger partial charge on any atom is 0.258 e. The van der Waals surface area contributed by atoms with Gasteiger partial charge in [-0.2, -0.15) is 0 Å². The third kappa shape index (κ3) is 6.17. The van der Waals surface area contributed by atoms with E-state index in [0.717, 1.165) is 22.4 Å². The van der Waals surface area contributed by atoms with Gasteiger partial charge in [0.2, 0.25) is 5.88 Å². The number of aromatic nitrogens is 2. The highest BCUT2D eigenvalue weighted by atomic mass is 16.5. The van der Waals surface area contributed by atoms with Crippen molar-refractivity contribution >= 4 is 5.91 Å². The van der Waals surface area contributed by atoms with Crippen LogP contribution in [0.5, 0.6) is 11.6 Å². The van der Waals surface area contributed by atoms with Crippen molar-refractivity contribution in [3.05, 3.63) is 96.6 Å². The molecule has 6 nitrogen and oxygen atoms in total. The van der Waals surface area contributed by atoms with Crippen LogP contribution in [0.3, 0.4) is 0 Å². The lowest BCUT2D eigenvalue weighted by molar-refractivity contribution is -0.123. The van der Waals surface area contributed by atoms with Crippen LogP contribution in [0, 0.1) is 6.92 Å². The van der Waals surface area contributed by atoms with Gasteiger partial charge in [-0.15, -0.1) is 10.2 Å². The first-order valence-corrected chi connectivity index (χ1v) is 10.8. The summed E-state index contributed by atoms with van der Waals surface area (Å²) in [6, 6.07) is 29.3. The van der Waals surface area contributed by atoms with Gasteiger partial charge in [-0.3, -0.25) is 4.79 Å². The summed E-state index contributed by atoms with van der Waals surface area (Å²) >= 11 is 0. The first-order chi connectivity index (χ1) is 16.2. The third-order valence-electron chi connectivity index (χ3n) is 4.99. The summed E-state index contributed by atoms with van der Waals surface area (Å²) < 4.78 is 11.3. The summed E-state index contributed by atoms with van der Waals surface area (Å²) in [6.07, 6.45) is 0. The Labute approximate surface area is 193 Å². The molecule has 0 aliphatic heterocycles. The quantitative estimate of drug-likeness (QED) is 0.383. The van der Waals surface area contributed by atoms with Gasteiger partial charge in [-0.05, 0) is 24.6 Å². The van der Waals surface area contributed by atoms with Crippen molar-refractivity contribution in [2.24, 2.45) is 0 Å². The van der Waals surface area contributed by atoms with Crippen LogP contribution in [-0.4, -0.2) is 35.9 Å². The number of ether oxygens (including phenoxy) is 2. The number of para-hydroxylation sites is 1. The van der Waals surface area contributed by atoms with E-state index in [1.807, 2.05) is 91.9 Å². The average Bonchev–Trinajstić information content (AvgIpc) is 2.87. The van der Waals surface area contributed by atoms with Crippen molar-refractivity contribution in [2.45, 2.75) is 6.92 Å². The standard InChI is InChI=1S/C27H25N3O3/c1-20-11-13-22(14-12-20)24-15-16-27(30-29-24)32-18-17-28-26(31)19-33-25-10-6-5-9-23(25)21-7-3-2-4-8-21/h2-16H,17-19H2,1H3,(H,28,31). The molecule has 0 saturated heterocycles. The van der Waals surface area contributed by atoms with Crippen LogP contribution in [0.15, 0.2) is 91.0 Å². The molecule has 4 rings (SSSR count). The fourth-order valence-electron chi connectivity index (χ4n) is 3.26. The van der Waals surface area contributed by atoms with Crippen LogP contribution in [-0.2, 0) is 4.79 Å². The van der Waals surface area contributed by atoms with Gasteiger partial charge in [0, 0.05) is 17.2 Å². The van der Waals surface area contributed by atoms with Crippen molar-refractivity contribution < 1.29 is 14.3 Å². The van der Waals surface area contributed by atoms with Gasteiger partial charge >= 0.3 is 0 Å². The second-order valence-corrected chi connectivity index (χ2v) is 7.47. The first kappa shape index (κ1) is 22.0. The zero-order valence-corrected chi connectivity index (χ0v) is 18.4. The van der Waals surface area contributed by atoms with Gasteiger partial charge in [-0.1, -0.05) is 78.4 Å². The summed E-state index contributed by atoms with van der Waals surface area (Å²) in [5.41, 5.74) is 4.96. The Hall–Kier alpha value is -4.19. The van der Waals surface area contributed by atoms with E-state index >= 15 is 0 Å². The molecule has 0 bridgehead atoms. The maximum absolute atomic E-state index is 12.2. The fraction of sp³-hybridized carbons (Fsp3) is 0.148. The molecule has 0 atom stereocenters. The Morgan fingerprint density at radius 2 is 1.55 bits per heavy atom. The molecule has 6 heteroatoms. The molecule has 0 spiro atoms. The molecular weight excluding hydrogens is 414 g/mol. The highest BCUT2D eigenvalue weighted by Crippen LogP contribution is 2.29. The average molecular weight is 440 g/mol. The first-order valence-electron chi connectivity index (χ1n) is 10.8. The van der Waals surface area contributed by atoms with E-state index in [1.54, 1.807) is 6.07 Å². The normalized spacial score (nSPS) is 10.5. The van der Waals surface area contributed by atoms with E-state index in [4.69, 9.17) is 9.47 Å². The second-order valence-electron chi connectivity index (χ2n) is 7.47. The maximum atomic E-state index is 12.2. The van der Waals surface area contributed by atoms with Crippen molar-refractivity contribution in [1.82, 2.24) is 15.5 Å². The van der Waals surface area contributed by atoms with Crippen LogP contribution in [0.2, 0.25) is 0 Å². The highest BCUT2D eigenvalue weighted by molar-refractivity contribution is 5.78. The number of hydrogen-bond acceptors (Lipinski definition) is 5. The molecular formula is C27H25N3O3. The molecule has 0 aliphatic rings. The van der Waals surface area contributed by atoms with Gasteiger partial charge in [-0.25, -0.2) is 0 Å². The van der Waals surface area contributed by atoms with Crippen LogP contribution < -0.4 is 14.8 Å². The monoisotopic (exact) mass is 439 g/mol. The van der Waals surface area contributed by atoms with Crippen LogP contribution in [0.1, 0.15) is 5.56 Å². The molecule has 1 aromatic heterocycles. The van der Waals surface area contributed by atoms with Gasteiger partial charge in [0.05, 0.1) is 12.2 Å². The molecule has 1 N–H and O–H groups in total. The lowest BCUT2D eigenvalue weighted by atomic mass is 10.1. The molecule has 33 heavy (non-hydrogen) atoms. The zero-order chi connectivity index (χ0) is 22.9. The Kier molecular flexibility index (Phi) is 7.28. The summed E-state index contributed by atoms with van der Waals surface area (Å²) in [4.78, 5) is 12.2. The number of aryl methyl sites for hydroxylation is 1. The van der Waals surface area contributed by atoms with Crippen LogP contribution >= 0.6 is 0 Å². The van der Waals surface area contributed by atoms with E-state index in [0.29, 0.717) is 18.2 Å². The molecule has 1 heterocycles. The topological polar surface area (TPSA) is 73.3 Å². The number of rotatable bonds is 9. The van der Waals surface area contributed by atoms with E-state index in [-0.39, 0.29) is 19.1 Å². The van der Waals surface area contributed by atoms with E-state index in [2.05, 4.69) is 15.5 Å². The smallest absolute Gasteiger partial charge is 0.258 e. The minimum absolute atomic E-state index is 0.0745. The van der Waals surface area contributed by atoms with Gasteiger partial charge in [0.1, 0.15) is 12.4 Å².